The molecule has 0 aromatic heterocycles. The van der Waals surface area contributed by atoms with Crippen molar-refractivity contribution in [2.24, 2.45) is 17.8 Å². The zero-order chi connectivity index (χ0) is 13.1. The van der Waals surface area contributed by atoms with E-state index in [0.717, 1.165) is 36.6 Å². The van der Waals surface area contributed by atoms with Crippen LogP contribution in [0.3, 0.4) is 0 Å². The highest BCUT2D eigenvalue weighted by Crippen LogP contribution is 2.56. The molecule has 0 spiro atoms. The summed E-state index contributed by atoms with van der Waals surface area (Å²) in [5.41, 5.74) is 0. The van der Waals surface area contributed by atoms with E-state index in [1.54, 1.807) is 0 Å². The molecule has 2 aliphatic carbocycles. The molecule has 2 atom stereocenters. The minimum atomic E-state index is 0.382. The number of hydrogen-bond acceptors (Lipinski definition) is 1. The van der Waals surface area contributed by atoms with Gasteiger partial charge in [-0.05, 0) is 37.5 Å². The van der Waals surface area contributed by atoms with Crippen molar-refractivity contribution in [3.05, 3.63) is 0 Å². The molecule has 2 saturated carbocycles. The Bertz CT molecular complexity index is 278. The normalized spacial score (nSPS) is 30.1. The van der Waals surface area contributed by atoms with Crippen LogP contribution in [0.5, 0.6) is 0 Å². The van der Waals surface area contributed by atoms with E-state index in [9.17, 15) is 4.79 Å². The number of fused-ring (bicyclic) bond motifs is 1. The SMILES string of the molecule is CCC(CC)N(CCBr)C(=O)C1C2CCCCC21. The molecule has 0 heterocycles. The van der Waals surface area contributed by atoms with Gasteiger partial charge in [-0.2, -0.15) is 0 Å². The van der Waals surface area contributed by atoms with Crippen molar-refractivity contribution < 1.29 is 4.79 Å². The van der Waals surface area contributed by atoms with Gasteiger partial charge in [0.25, 0.3) is 0 Å². The molecule has 2 rings (SSSR count). The summed E-state index contributed by atoms with van der Waals surface area (Å²) in [5, 5.41) is 0.900. The van der Waals surface area contributed by atoms with E-state index < -0.39 is 0 Å². The van der Waals surface area contributed by atoms with Crippen LogP contribution in [0, 0.1) is 17.8 Å². The van der Waals surface area contributed by atoms with Crippen molar-refractivity contribution in [3.63, 3.8) is 0 Å². The first-order valence-electron chi connectivity index (χ1n) is 7.61. The third-order valence-corrected chi connectivity index (χ3v) is 5.29. The third kappa shape index (κ3) is 2.76. The van der Waals surface area contributed by atoms with Gasteiger partial charge in [-0.15, -0.1) is 0 Å². The fraction of sp³-hybridized carbons (Fsp3) is 0.933. The molecule has 0 radical (unpaired) electrons. The van der Waals surface area contributed by atoms with E-state index in [1.165, 1.54) is 25.7 Å². The van der Waals surface area contributed by atoms with Gasteiger partial charge in [0, 0.05) is 23.8 Å². The summed E-state index contributed by atoms with van der Waals surface area (Å²) in [4.78, 5) is 14.9. The van der Waals surface area contributed by atoms with Gasteiger partial charge in [0.1, 0.15) is 0 Å². The van der Waals surface area contributed by atoms with E-state index in [1.807, 2.05) is 0 Å². The Labute approximate surface area is 120 Å². The van der Waals surface area contributed by atoms with Crippen LogP contribution < -0.4 is 0 Å². The second-order valence-electron chi connectivity index (χ2n) is 5.83. The first-order chi connectivity index (χ1) is 8.74. The molecule has 0 saturated heterocycles. The molecule has 2 fully saturated rings. The summed E-state index contributed by atoms with van der Waals surface area (Å²) in [6.45, 7) is 5.27. The molecule has 0 aromatic carbocycles. The molecule has 2 aliphatic rings. The Morgan fingerprint density at radius 1 is 1.22 bits per heavy atom. The minimum absolute atomic E-state index is 0.382. The van der Waals surface area contributed by atoms with Crippen molar-refractivity contribution in [2.75, 3.05) is 11.9 Å². The average Bonchev–Trinajstić information content (AvgIpc) is 3.12. The van der Waals surface area contributed by atoms with Crippen molar-refractivity contribution in [3.8, 4) is 0 Å². The van der Waals surface area contributed by atoms with E-state index >= 15 is 0 Å². The standard InChI is InChI=1S/C15H26BrNO/c1-3-11(4-2)17(10-9-16)15(18)14-12-7-5-6-8-13(12)14/h11-14H,3-10H2,1-2H3. The summed E-state index contributed by atoms with van der Waals surface area (Å²) in [6, 6.07) is 0.442. The average molecular weight is 316 g/mol. The Morgan fingerprint density at radius 3 is 2.22 bits per heavy atom. The minimum Gasteiger partial charge on any atom is -0.339 e. The first kappa shape index (κ1) is 14.4. The van der Waals surface area contributed by atoms with Gasteiger partial charge in [0.05, 0.1) is 0 Å². The Kier molecular flexibility index (Phi) is 5.11. The van der Waals surface area contributed by atoms with E-state index in [2.05, 4.69) is 34.7 Å². The summed E-state index contributed by atoms with van der Waals surface area (Å²) in [6.07, 6.45) is 7.44. The van der Waals surface area contributed by atoms with Crippen LogP contribution in [-0.4, -0.2) is 28.7 Å². The predicted octanol–water partition coefficient (Wildman–Crippen LogP) is 3.83. The van der Waals surface area contributed by atoms with Gasteiger partial charge >= 0.3 is 0 Å². The molecule has 0 bridgehead atoms. The van der Waals surface area contributed by atoms with Crippen LogP contribution >= 0.6 is 15.9 Å². The molecule has 2 nitrogen and oxygen atoms in total. The lowest BCUT2D eigenvalue weighted by Gasteiger charge is -2.30. The summed E-state index contributed by atoms with van der Waals surface area (Å²) >= 11 is 3.50. The lowest BCUT2D eigenvalue weighted by molar-refractivity contribution is -0.135. The number of carbonyl (C=O) groups excluding carboxylic acids is 1. The molecule has 2 unspecified atom stereocenters. The molecule has 3 heteroatoms. The highest BCUT2D eigenvalue weighted by atomic mass is 79.9. The highest BCUT2D eigenvalue weighted by molar-refractivity contribution is 9.09. The maximum absolute atomic E-state index is 12.7. The van der Waals surface area contributed by atoms with Crippen LogP contribution in [0.2, 0.25) is 0 Å². The van der Waals surface area contributed by atoms with Crippen LogP contribution in [0.1, 0.15) is 52.4 Å². The third-order valence-electron chi connectivity index (χ3n) is 4.93. The van der Waals surface area contributed by atoms with Crippen molar-refractivity contribution in [1.82, 2.24) is 4.90 Å². The quantitative estimate of drug-likeness (QED) is 0.682. The fourth-order valence-electron chi connectivity index (χ4n) is 3.84. The van der Waals surface area contributed by atoms with Crippen LogP contribution in [0.25, 0.3) is 0 Å². The Balaban J connectivity index is 2.00. The predicted molar refractivity (Wildman–Crippen MR) is 78.8 cm³/mol. The number of nitrogens with zero attached hydrogens (tertiary/aromatic N) is 1. The topological polar surface area (TPSA) is 20.3 Å². The smallest absolute Gasteiger partial charge is 0.226 e. The lowest BCUT2D eigenvalue weighted by Crippen LogP contribution is -2.42. The molecular weight excluding hydrogens is 290 g/mol. The van der Waals surface area contributed by atoms with Gasteiger partial charge < -0.3 is 4.90 Å². The van der Waals surface area contributed by atoms with Gasteiger partial charge in [-0.3, -0.25) is 4.79 Å². The van der Waals surface area contributed by atoms with Gasteiger partial charge in [0.15, 0.2) is 0 Å². The maximum Gasteiger partial charge on any atom is 0.226 e. The molecular formula is C15H26BrNO. The number of rotatable bonds is 6. The molecule has 18 heavy (non-hydrogen) atoms. The monoisotopic (exact) mass is 315 g/mol. The van der Waals surface area contributed by atoms with E-state index in [-0.39, 0.29) is 0 Å². The highest BCUT2D eigenvalue weighted by Gasteiger charge is 2.56. The molecule has 0 aliphatic heterocycles. The Hall–Kier alpha value is -0.0500. The van der Waals surface area contributed by atoms with Crippen molar-refractivity contribution in [1.29, 1.82) is 0 Å². The number of hydrogen-bond donors (Lipinski definition) is 0. The fourth-order valence-corrected chi connectivity index (χ4v) is 4.23. The largest absolute Gasteiger partial charge is 0.339 e. The van der Waals surface area contributed by atoms with Crippen molar-refractivity contribution in [2.45, 2.75) is 58.4 Å². The number of amides is 1. The van der Waals surface area contributed by atoms with E-state index in [0.29, 0.717) is 17.9 Å². The zero-order valence-corrected chi connectivity index (χ0v) is 13.3. The van der Waals surface area contributed by atoms with Crippen LogP contribution in [-0.2, 0) is 4.79 Å². The summed E-state index contributed by atoms with van der Waals surface area (Å²) in [7, 11) is 0. The molecule has 0 N–H and O–H groups in total. The zero-order valence-electron chi connectivity index (χ0n) is 11.7. The van der Waals surface area contributed by atoms with Crippen LogP contribution in [0.15, 0.2) is 0 Å². The molecule has 104 valence electrons. The summed E-state index contributed by atoms with van der Waals surface area (Å²) in [5.74, 6) is 2.31. The van der Waals surface area contributed by atoms with Crippen molar-refractivity contribution >= 4 is 21.8 Å². The number of alkyl halides is 1. The number of carbonyl (C=O) groups is 1. The first-order valence-corrected chi connectivity index (χ1v) is 8.73. The second kappa shape index (κ2) is 6.40. The van der Waals surface area contributed by atoms with Gasteiger partial charge in [-0.25, -0.2) is 0 Å². The number of halogens is 1. The maximum atomic E-state index is 12.7. The van der Waals surface area contributed by atoms with Gasteiger partial charge in [-0.1, -0.05) is 42.6 Å². The molecule has 0 aromatic rings. The van der Waals surface area contributed by atoms with Gasteiger partial charge in [0.2, 0.25) is 5.91 Å². The molecule has 1 amide bonds. The second-order valence-corrected chi connectivity index (χ2v) is 6.62. The lowest BCUT2D eigenvalue weighted by atomic mass is 10.0. The van der Waals surface area contributed by atoms with E-state index in [4.69, 9.17) is 0 Å². The Morgan fingerprint density at radius 2 is 1.78 bits per heavy atom. The summed E-state index contributed by atoms with van der Waals surface area (Å²) < 4.78 is 0. The van der Waals surface area contributed by atoms with Crippen LogP contribution in [0.4, 0.5) is 0 Å².